The van der Waals surface area contributed by atoms with Crippen LogP contribution in [0.4, 0.5) is 0 Å². The van der Waals surface area contributed by atoms with Gasteiger partial charge < -0.3 is 4.90 Å². The first-order valence-electron chi connectivity index (χ1n) is 4.16. The van der Waals surface area contributed by atoms with Gasteiger partial charge in [0.25, 0.3) is 0 Å². The lowest BCUT2D eigenvalue weighted by Gasteiger charge is -2.14. The number of likely N-dealkylation sites (tertiary alicyclic amines) is 1. The highest BCUT2D eigenvalue weighted by molar-refractivity contribution is 7.81. The molecule has 1 aliphatic heterocycles. The SMILES string of the molecule is CCC1CCN(C(=O)CS)C1. The minimum atomic E-state index is 0.185. The molecule has 0 aromatic carbocycles. The summed E-state index contributed by atoms with van der Waals surface area (Å²) in [7, 11) is 0. The van der Waals surface area contributed by atoms with E-state index in [1.807, 2.05) is 4.90 Å². The number of hydrogen-bond donors (Lipinski definition) is 1. The molecule has 1 saturated heterocycles. The van der Waals surface area contributed by atoms with Gasteiger partial charge in [-0.25, -0.2) is 0 Å². The quantitative estimate of drug-likeness (QED) is 0.622. The van der Waals surface area contributed by atoms with Gasteiger partial charge in [0.15, 0.2) is 0 Å². The smallest absolute Gasteiger partial charge is 0.232 e. The van der Waals surface area contributed by atoms with Crippen LogP contribution in [-0.4, -0.2) is 29.6 Å². The fourth-order valence-corrected chi connectivity index (χ4v) is 1.69. The van der Waals surface area contributed by atoms with Crippen LogP contribution < -0.4 is 0 Å². The van der Waals surface area contributed by atoms with E-state index in [0.717, 1.165) is 19.0 Å². The molecule has 0 N–H and O–H groups in total. The van der Waals surface area contributed by atoms with Gasteiger partial charge in [0.05, 0.1) is 5.75 Å². The fourth-order valence-electron chi connectivity index (χ4n) is 1.49. The number of nitrogens with zero attached hydrogens (tertiary/aromatic N) is 1. The zero-order valence-corrected chi connectivity index (χ0v) is 7.81. The molecule has 3 heteroatoms. The van der Waals surface area contributed by atoms with Crippen molar-refractivity contribution in [3.05, 3.63) is 0 Å². The second-order valence-electron chi connectivity index (χ2n) is 3.06. The summed E-state index contributed by atoms with van der Waals surface area (Å²) in [6.07, 6.45) is 2.37. The van der Waals surface area contributed by atoms with Gasteiger partial charge in [-0.15, -0.1) is 0 Å². The molecule has 2 nitrogen and oxygen atoms in total. The van der Waals surface area contributed by atoms with Crippen LogP contribution in [0.5, 0.6) is 0 Å². The van der Waals surface area contributed by atoms with Gasteiger partial charge in [-0.05, 0) is 12.3 Å². The van der Waals surface area contributed by atoms with Crippen molar-refractivity contribution in [2.24, 2.45) is 5.92 Å². The van der Waals surface area contributed by atoms with Crippen molar-refractivity contribution in [3.8, 4) is 0 Å². The van der Waals surface area contributed by atoms with Crippen molar-refractivity contribution in [1.29, 1.82) is 0 Å². The third-order valence-electron chi connectivity index (χ3n) is 2.35. The van der Waals surface area contributed by atoms with Crippen molar-refractivity contribution in [2.75, 3.05) is 18.8 Å². The van der Waals surface area contributed by atoms with Crippen molar-refractivity contribution in [1.82, 2.24) is 4.90 Å². The summed E-state index contributed by atoms with van der Waals surface area (Å²) in [5.41, 5.74) is 0. The van der Waals surface area contributed by atoms with Crippen LogP contribution in [0.3, 0.4) is 0 Å². The highest BCUT2D eigenvalue weighted by Gasteiger charge is 2.23. The zero-order valence-electron chi connectivity index (χ0n) is 6.92. The van der Waals surface area contributed by atoms with Gasteiger partial charge in [0, 0.05) is 13.1 Å². The monoisotopic (exact) mass is 173 g/mol. The highest BCUT2D eigenvalue weighted by atomic mass is 32.1. The number of rotatable bonds is 2. The lowest BCUT2D eigenvalue weighted by Crippen LogP contribution is -2.29. The van der Waals surface area contributed by atoms with Gasteiger partial charge in [0.2, 0.25) is 5.91 Å². The van der Waals surface area contributed by atoms with E-state index in [-0.39, 0.29) is 5.91 Å². The summed E-state index contributed by atoms with van der Waals surface area (Å²) >= 11 is 3.96. The van der Waals surface area contributed by atoms with Crippen LogP contribution in [0.1, 0.15) is 19.8 Å². The summed E-state index contributed by atoms with van der Waals surface area (Å²) in [4.78, 5) is 13.0. The number of carbonyl (C=O) groups is 1. The van der Waals surface area contributed by atoms with Crippen molar-refractivity contribution in [2.45, 2.75) is 19.8 Å². The van der Waals surface area contributed by atoms with Crippen LogP contribution in [0.25, 0.3) is 0 Å². The first-order chi connectivity index (χ1) is 5.27. The molecule has 1 amide bonds. The Hall–Kier alpha value is -0.180. The van der Waals surface area contributed by atoms with Crippen molar-refractivity contribution < 1.29 is 4.79 Å². The van der Waals surface area contributed by atoms with Crippen LogP contribution in [-0.2, 0) is 4.79 Å². The Labute approximate surface area is 73.4 Å². The summed E-state index contributed by atoms with van der Waals surface area (Å²) in [6.45, 7) is 4.08. The lowest BCUT2D eigenvalue weighted by molar-refractivity contribution is -0.127. The maximum atomic E-state index is 11.1. The molecule has 0 spiro atoms. The van der Waals surface area contributed by atoms with E-state index in [1.165, 1.54) is 12.8 Å². The molecule has 1 heterocycles. The number of amides is 1. The van der Waals surface area contributed by atoms with Crippen LogP contribution in [0.2, 0.25) is 0 Å². The van der Waals surface area contributed by atoms with Gasteiger partial charge >= 0.3 is 0 Å². The molecule has 0 radical (unpaired) electrons. The molecule has 1 aliphatic rings. The Kier molecular flexibility index (Phi) is 3.24. The molecule has 0 saturated carbocycles. The van der Waals surface area contributed by atoms with E-state index in [9.17, 15) is 4.79 Å². The van der Waals surface area contributed by atoms with Crippen LogP contribution >= 0.6 is 12.6 Å². The largest absolute Gasteiger partial charge is 0.342 e. The highest BCUT2D eigenvalue weighted by Crippen LogP contribution is 2.18. The second-order valence-corrected chi connectivity index (χ2v) is 3.38. The van der Waals surface area contributed by atoms with Crippen LogP contribution in [0, 0.1) is 5.92 Å². The van der Waals surface area contributed by atoms with Gasteiger partial charge in [0.1, 0.15) is 0 Å². The Morgan fingerprint density at radius 2 is 2.45 bits per heavy atom. The first-order valence-corrected chi connectivity index (χ1v) is 4.79. The number of thiol groups is 1. The third kappa shape index (κ3) is 2.12. The Bertz CT molecular complexity index is 149. The predicted octanol–water partition coefficient (Wildman–Crippen LogP) is 1.17. The van der Waals surface area contributed by atoms with E-state index in [2.05, 4.69) is 19.6 Å². The third-order valence-corrected chi connectivity index (χ3v) is 2.62. The van der Waals surface area contributed by atoms with Gasteiger partial charge in [-0.3, -0.25) is 4.79 Å². The molecule has 0 aliphatic carbocycles. The van der Waals surface area contributed by atoms with E-state index in [0.29, 0.717) is 5.75 Å². The number of hydrogen-bond acceptors (Lipinski definition) is 2. The summed E-state index contributed by atoms with van der Waals surface area (Å²) in [6, 6.07) is 0. The summed E-state index contributed by atoms with van der Waals surface area (Å²) in [5, 5.41) is 0. The fraction of sp³-hybridized carbons (Fsp3) is 0.875. The Balaban J connectivity index is 2.35. The predicted molar refractivity (Wildman–Crippen MR) is 48.8 cm³/mol. The molecule has 1 atom stereocenters. The van der Waals surface area contributed by atoms with E-state index in [1.54, 1.807) is 0 Å². The topological polar surface area (TPSA) is 20.3 Å². The molecule has 0 aromatic rings. The molecule has 0 aromatic heterocycles. The molecule has 1 rings (SSSR count). The summed E-state index contributed by atoms with van der Waals surface area (Å²) < 4.78 is 0. The minimum absolute atomic E-state index is 0.185. The minimum Gasteiger partial charge on any atom is -0.342 e. The van der Waals surface area contributed by atoms with Crippen molar-refractivity contribution in [3.63, 3.8) is 0 Å². The first kappa shape index (κ1) is 8.91. The molecule has 11 heavy (non-hydrogen) atoms. The molecular formula is C8H15NOS. The lowest BCUT2D eigenvalue weighted by atomic mass is 10.1. The normalized spacial score (nSPS) is 24.2. The van der Waals surface area contributed by atoms with Crippen molar-refractivity contribution >= 4 is 18.5 Å². The van der Waals surface area contributed by atoms with E-state index in [4.69, 9.17) is 0 Å². The number of carbonyl (C=O) groups excluding carboxylic acids is 1. The molecule has 0 bridgehead atoms. The van der Waals surface area contributed by atoms with Crippen LogP contribution in [0.15, 0.2) is 0 Å². The van der Waals surface area contributed by atoms with E-state index >= 15 is 0 Å². The maximum absolute atomic E-state index is 11.1. The second kappa shape index (κ2) is 4.00. The van der Waals surface area contributed by atoms with Gasteiger partial charge in [-0.2, -0.15) is 12.6 Å². The van der Waals surface area contributed by atoms with E-state index < -0.39 is 0 Å². The standard InChI is InChI=1S/C8H15NOS/c1-2-7-3-4-9(5-7)8(10)6-11/h7,11H,2-6H2,1H3. The molecule has 1 fully saturated rings. The van der Waals surface area contributed by atoms with Gasteiger partial charge in [-0.1, -0.05) is 13.3 Å². The average Bonchev–Trinajstić information content (AvgIpc) is 2.50. The Morgan fingerprint density at radius 3 is 2.91 bits per heavy atom. The molecular weight excluding hydrogens is 158 g/mol. The maximum Gasteiger partial charge on any atom is 0.232 e. The summed E-state index contributed by atoms with van der Waals surface area (Å²) in [5.74, 6) is 1.28. The zero-order chi connectivity index (χ0) is 8.27. The Morgan fingerprint density at radius 1 is 1.73 bits per heavy atom. The average molecular weight is 173 g/mol. The molecule has 64 valence electrons. The molecule has 1 unspecified atom stereocenters.